The van der Waals surface area contributed by atoms with Crippen LogP contribution < -0.4 is 19.5 Å². The molecule has 0 saturated heterocycles. The van der Waals surface area contributed by atoms with E-state index in [1.54, 1.807) is 12.1 Å². The predicted octanol–water partition coefficient (Wildman–Crippen LogP) is 5.27. The van der Waals surface area contributed by atoms with Gasteiger partial charge in [0.05, 0.1) is 38.9 Å². The lowest BCUT2D eigenvalue weighted by Gasteiger charge is -2.18. The molecule has 3 aromatic carbocycles. The van der Waals surface area contributed by atoms with Crippen LogP contribution in [0.1, 0.15) is 44.0 Å². The maximum atomic E-state index is 13.1. The summed E-state index contributed by atoms with van der Waals surface area (Å²) < 4.78 is 18.4. The second-order valence-electron chi connectivity index (χ2n) is 8.94. The van der Waals surface area contributed by atoms with Gasteiger partial charge in [-0.1, -0.05) is 18.2 Å². The van der Waals surface area contributed by atoms with Crippen molar-refractivity contribution < 1.29 is 19.0 Å². The molecule has 7 nitrogen and oxygen atoms in total. The lowest BCUT2D eigenvalue weighted by molar-refractivity contribution is 0.0948. The smallest absolute Gasteiger partial charge is 0.251 e. The molecule has 0 aliphatic carbocycles. The van der Waals surface area contributed by atoms with Crippen molar-refractivity contribution >= 4 is 16.9 Å². The summed E-state index contributed by atoms with van der Waals surface area (Å²) in [6.45, 7) is 9.58. The minimum Gasteiger partial charge on any atom is -0.493 e. The van der Waals surface area contributed by atoms with Gasteiger partial charge in [0, 0.05) is 12.1 Å². The zero-order valence-electron chi connectivity index (χ0n) is 22.0. The van der Waals surface area contributed by atoms with Crippen molar-refractivity contribution in [2.75, 3.05) is 21.3 Å². The van der Waals surface area contributed by atoms with E-state index in [0.29, 0.717) is 29.4 Å². The number of aromatic nitrogens is 2. The summed E-state index contributed by atoms with van der Waals surface area (Å²) in [6, 6.07) is 13.6. The topological polar surface area (TPSA) is 74.6 Å². The Hall–Kier alpha value is -4.00. The molecule has 188 valence electrons. The maximum Gasteiger partial charge on any atom is 0.251 e. The molecule has 0 fully saturated rings. The zero-order chi connectivity index (χ0) is 26.0. The third kappa shape index (κ3) is 4.61. The van der Waals surface area contributed by atoms with Crippen molar-refractivity contribution in [2.45, 2.75) is 40.8 Å². The lowest BCUT2D eigenvalue weighted by Crippen LogP contribution is -2.25. The van der Waals surface area contributed by atoms with E-state index in [1.165, 1.54) is 49.1 Å². The number of nitrogens with one attached hydrogen (secondary N) is 1. The average molecular weight is 488 g/mol. The summed E-state index contributed by atoms with van der Waals surface area (Å²) in [5, 5.41) is 3.02. The maximum absolute atomic E-state index is 13.1. The molecule has 0 aliphatic rings. The van der Waals surface area contributed by atoms with Crippen molar-refractivity contribution in [3.8, 4) is 17.2 Å². The fourth-order valence-electron chi connectivity index (χ4n) is 4.60. The molecule has 0 bridgehead atoms. The second kappa shape index (κ2) is 10.3. The molecule has 1 aromatic heterocycles. The molecule has 0 radical (unpaired) electrons. The molecule has 0 atom stereocenters. The fourth-order valence-corrected chi connectivity index (χ4v) is 4.60. The first kappa shape index (κ1) is 25.1. The molecular formula is C29H33N3O4. The van der Waals surface area contributed by atoms with E-state index in [1.807, 2.05) is 18.2 Å². The summed E-state index contributed by atoms with van der Waals surface area (Å²) in [7, 11) is 4.58. The summed E-state index contributed by atoms with van der Waals surface area (Å²) >= 11 is 0. The van der Waals surface area contributed by atoms with Gasteiger partial charge in [0.15, 0.2) is 11.5 Å². The molecule has 0 spiro atoms. The van der Waals surface area contributed by atoms with E-state index < -0.39 is 0 Å². The van der Waals surface area contributed by atoms with E-state index in [0.717, 1.165) is 16.9 Å². The first-order valence-corrected chi connectivity index (χ1v) is 11.9. The molecule has 0 aliphatic heterocycles. The van der Waals surface area contributed by atoms with Gasteiger partial charge in [-0.3, -0.25) is 4.79 Å². The van der Waals surface area contributed by atoms with Gasteiger partial charge in [0.1, 0.15) is 5.82 Å². The van der Waals surface area contributed by atoms with Gasteiger partial charge >= 0.3 is 0 Å². The third-order valence-corrected chi connectivity index (χ3v) is 6.91. The Morgan fingerprint density at radius 3 is 2.08 bits per heavy atom. The standard InChI is InChI=1S/C29H33N3O4/c1-17-12-18(2)20(4)22(19(17)3)16-32-24-11-9-8-10-23(24)31-27(32)15-30-29(33)21-13-25(34-5)28(36-7)26(14-21)35-6/h8-14H,15-16H2,1-7H3,(H,30,33). The Balaban J connectivity index is 1.68. The number of hydrogen-bond acceptors (Lipinski definition) is 5. The van der Waals surface area contributed by atoms with E-state index >= 15 is 0 Å². The summed E-state index contributed by atoms with van der Waals surface area (Å²) in [5.74, 6) is 1.82. The summed E-state index contributed by atoms with van der Waals surface area (Å²) in [4.78, 5) is 18.0. The Morgan fingerprint density at radius 2 is 1.50 bits per heavy atom. The van der Waals surface area contributed by atoms with E-state index in [9.17, 15) is 4.79 Å². The molecule has 7 heteroatoms. The second-order valence-corrected chi connectivity index (χ2v) is 8.94. The highest BCUT2D eigenvalue weighted by atomic mass is 16.5. The minimum absolute atomic E-state index is 0.258. The van der Waals surface area contributed by atoms with Gasteiger partial charge in [0.2, 0.25) is 5.75 Å². The van der Waals surface area contributed by atoms with Crippen molar-refractivity contribution in [3.63, 3.8) is 0 Å². The fraction of sp³-hybridized carbons (Fsp3) is 0.310. The average Bonchev–Trinajstić information content (AvgIpc) is 3.24. The van der Waals surface area contributed by atoms with Crippen LogP contribution in [-0.4, -0.2) is 36.8 Å². The van der Waals surface area contributed by atoms with E-state index in [2.05, 4.69) is 49.7 Å². The number of benzene rings is 3. The van der Waals surface area contributed by atoms with Crippen molar-refractivity contribution in [2.24, 2.45) is 0 Å². The normalized spacial score (nSPS) is 11.0. The van der Waals surface area contributed by atoms with Gasteiger partial charge in [-0.05, 0) is 79.8 Å². The summed E-state index contributed by atoms with van der Waals surface area (Å²) in [5.41, 5.74) is 8.74. The van der Waals surface area contributed by atoms with Crippen LogP contribution in [0.2, 0.25) is 0 Å². The van der Waals surface area contributed by atoms with Gasteiger partial charge in [-0.25, -0.2) is 4.98 Å². The first-order chi connectivity index (χ1) is 17.3. The van der Waals surface area contributed by atoms with Crippen molar-refractivity contribution in [1.82, 2.24) is 14.9 Å². The number of ether oxygens (including phenoxy) is 3. The molecule has 4 rings (SSSR count). The number of fused-ring (bicyclic) bond motifs is 1. The van der Waals surface area contributed by atoms with Crippen LogP contribution in [-0.2, 0) is 13.1 Å². The number of rotatable bonds is 8. The van der Waals surface area contributed by atoms with Crippen molar-refractivity contribution in [3.05, 3.63) is 81.7 Å². The van der Waals surface area contributed by atoms with Crippen LogP contribution in [0.25, 0.3) is 11.0 Å². The lowest BCUT2D eigenvalue weighted by atomic mass is 9.94. The van der Waals surface area contributed by atoms with E-state index in [-0.39, 0.29) is 12.5 Å². The molecule has 0 unspecified atom stereocenters. The highest BCUT2D eigenvalue weighted by molar-refractivity contribution is 5.95. The number of methoxy groups -OCH3 is 3. The van der Waals surface area contributed by atoms with Gasteiger partial charge in [-0.15, -0.1) is 0 Å². The highest BCUT2D eigenvalue weighted by Crippen LogP contribution is 2.38. The van der Waals surface area contributed by atoms with Crippen LogP contribution in [0.3, 0.4) is 0 Å². The SMILES string of the molecule is COc1cc(C(=O)NCc2nc3ccccc3n2Cc2c(C)c(C)cc(C)c2C)cc(OC)c1OC. The minimum atomic E-state index is -0.258. The number of carbonyl (C=O) groups is 1. The molecular weight excluding hydrogens is 454 g/mol. The van der Waals surface area contributed by atoms with E-state index in [4.69, 9.17) is 19.2 Å². The number of hydrogen-bond donors (Lipinski definition) is 1. The molecule has 1 heterocycles. The third-order valence-electron chi connectivity index (χ3n) is 6.91. The van der Waals surface area contributed by atoms with Gasteiger partial charge in [0.25, 0.3) is 5.91 Å². The number of imidazole rings is 1. The molecule has 1 amide bonds. The van der Waals surface area contributed by atoms with Crippen LogP contribution in [0.5, 0.6) is 17.2 Å². The first-order valence-electron chi connectivity index (χ1n) is 11.9. The van der Waals surface area contributed by atoms with Gasteiger partial charge < -0.3 is 24.1 Å². The molecule has 0 saturated carbocycles. The monoisotopic (exact) mass is 487 g/mol. The van der Waals surface area contributed by atoms with Crippen LogP contribution in [0.4, 0.5) is 0 Å². The Morgan fingerprint density at radius 1 is 0.889 bits per heavy atom. The number of aryl methyl sites for hydroxylation is 2. The van der Waals surface area contributed by atoms with Crippen molar-refractivity contribution in [1.29, 1.82) is 0 Å². The van der Waals surface area contributed by atoms with Crippen LogP contribution in [0.15, 0.2) is 42.5 Å². The predicted molar refractivity (Wildman–Crippen MR) is 141 cm³/mol. The Kier molecular flexibility index (Phi) is 7.20. The number of nitrogens with zero attached hydrogens (tertiary/aromatic N) is 2. The Bertz CT molecular complexity index is 1390. The molecule has 1 N–H and O–H groups in total. The Labute approximate surface area is 212 Å². The molecule has 4 aromatic rings. The number of para-hydroxylation sites is 2. The van der Waals surface area contributed by atoms with Gasteiger partial charge in [-0.2, -0.15) is 0 Å². The highest BCUT2D eigenvalue weighted by Gasteiger charge is 2.19. The number of amides is 1. The largest absolute Gasteiger partial charge is 0.493 e. The molecule has 36 heavy (non-hydrogen) atoms. The van der Waals surface area contributed by atoms with Crippen LogP contribution in [0, 0.1) is 27.7 Å². The summed E-state index contributed by atoms with van der Waals surface area (Å²) in [6.07, 6.45) is 0. The van der Waals surface area contributed by atoms with Crippen LogP contribution >= 0.6 is 0 Å². The quantitative estimate of drug-likeness (QED) is 0.366. The number of carbonyl (C=O) groups excluding carboxylic acids is 1. The zero-order valence-corrected chi connectivity index (χ0v) is 22.0.